The summed E-state index contributed by atoms with van der Waals surface area (Å²) in [6, 6.07) is 7.09. The van der Waals surface area contributed by atoms with Crippen molar-refractivity contribution in [3.63, 3.8) is 0 Å². The molecule has 0 atom stereocenters. The Morgan fingerprint density at radius 2 is 2.16 bits per heavy atom. The summed E-state index contributed by atoms with van der Waals surface area (Å²) in [5, 5.41) is 6.74. The topological polar surface area (TPSA) is 82.2 Å². The maximum atomic E-state index is 11.8. The molecule has 2 rings (SSSR count). The smallest absolute Gasteiger partial charge is 0.246 e. The molecule has 1 aromatic carbocycles. The summed E-state index contributed by atoms with van der Waals surface area (Å²) < 4.78 is 7.18. The maximum Gasteiger partial charge on any atom is 0.246 e. The highest BCUT2D eigenvalue weighted by Crippen LogP contribution is 2.17. The number of anilines is 2. The van der Waals surface area contributed by atoms with E-state index < -0.39 is 0 Å². The molecule has 0 saturated carbocycles. The molecule has 1 heterocycles. The van der Waals surface area contributed by atoms with Gasteiger partial charge in [-0.05, 0) is 40.2 Å². The minimum atomic E-state index is -0.180. The van der Waals surface area contributed by atoms with E-state index in [0.29, 0.717) is 16.0 Å². The predicted octanol–water partition coefficient (Wildman–Crippen LogP) is 1.88. The van der Waals surface area contributed by atoms with Crippen LogP contribution < -0.4 is 15.8 Å². The van der Waals surface area contributed by atoms with Gasteiger partial charge in [-0.1, -0.05) is 0 Å². The van der Waals surface area contributed by atoms with E-state index in [1.165, 1.54) is 4.68 Å². The molecule has 1 aromatic heterocycles. The molecule has 0 bridgehead atoms. The average Bonchev–Trinajstić information content (AvgIpc) is 2.69. The molecule has 0 aliphatic heterocycles. The van der Waals surface area contributed by atoms with Crippen molar-refractivity contribution in [1.82, 2.24) is 9.78 Å². The second kappa shape index (κ2) is 5.75. The number of methoxy groups -OCH3 is 1. The summed E-state index contributed by atoms with van der Waals surface area (Å²) in [7, 11) is 1.59. The first kappa shape index (κ1) is 13.4. The van der Waals surface area contributed by atoms with Crippen LogP contribution in [0.5, 0.6) is 5.75 Å². The minimum absolute atomic E-state index is 0.0990. The van der Waals surface area contributed by atoms with Crippen molar-refractivity contribution in [2.24, 2.45) is 0 Å². The van der Waals surface area contributed by atoms with Crippen LogP contribution in [-0.4, -0.2) is 22.8 Å². The van der Waals surface area contributed by atoms with Crippen molar-refractivity contribution >= 4 is 33.3 Å². The maximum absolute atomic E-state index is 11.8. The van der Waals surface area contributed by atoms with E-state index in [-0.39, 0.29) is 12.5 Å². The Balaban J connectivity index is 1.96. The zero-order chi connectivity index (χ0) is 13.8. The summed E-state index contributed by atoms with van der Waals surface area (Å²) in [5.41, 5.74) is 6.28. The number of halogens is 1. The number of carbonyl (C=O) groups is 1. The fraction of sp³-hybridized carbons (Fsp3) is 0.167. The second-order valence-electron chi connectivity index (χ2n) is 3.84. The molecule has 0 radical (unpaired) electrons. The molecule has 0 spiro atoms. The van der Waals surface area contributed by atoms with Crippen LogP contribution in [0.2, 0.25) is 0 Å². The number of ether oxygens (including phenoxy) is 1. The zero-order valence-corrected chi connectivity index (χ0v) is 11.8. The standard InChI is InChI=1S/C12H13BrN4O2/c1-19-9-4-2-8(3-5-9)15-11(18)7-17-6-10(13)12(14)16-17/h2-6H,7H2,1H3,(H2,14,16)(H,15,18). The molecule has 19 heavy (non-hydrogen) atoms. The van der Waals surface area contributed by atoms with Gasteiger partial charge in [0.15, 0.2) is 5.82 Å². The van der Waals surface area contributed by atoms with Crippen LogP contribution >= 0.6 is 15.9 Å². The van der Waals surface area contributed by atoms with Crippen LogP contribution in [0.15, 0.2) is 34.9 Å². The summed E-state index contributed by atoms with van der Waals surface area (Å²) in [6.45, 7) is 0.0990. The molecule has 7 heteroatoms. The molecule has 1 amide bonds. The van der Waals surface area contributed by atoms with Crippen LogP contribution in [-0.2, 0) is 11.3 Å². The van der Waals surface area contributed by atoms with Gasteiger partial charge in [0.1, 0.15) is 12.3 Å². The Morgan fingerprint density at radius 3 is 2.68 bits per heavy atom. The third-order valence-electron chi connectivity index (χ3n) is 2.42. The van der Waals surface area contributed by atoms with Crippen molar-refractivity contribution in [3.8, 4) is 5.75 Å². The van der Waals surface area contributed by atoms with Gasteiger partial charge < -0.3 is 15.8 Å². The van der Waals surface area contributed by atoms with Gasteiger partial charge >= 0.3 is 0 Å². The number of amides is 1. The van der Waals surface area contributed by atoms with Gasteiger partial charge in [0.05, 0.1) is 11.6 Å². The third-order valence-corrected chi connectivity index (χ3v) is 3.03. The number of nitrogens with zero attached hydrogens (tertiary/aromatic N) is 2. The zero-order valence-electron chi connectivity index (χ0n) is 10.3. The fourth-order valence-corrected chi connectivity index (χ4v) is 1.83. The van der Waals surface area contributed by atoms with Crippen molar-refractivity contribution in [2.45, 2.75) is 6.54 Å². The Labute approximate surface area is 118 Å². The monoisotopic (exact) mass is 324 g/mol. The molecule has 0 fully saturated rings. The number of aromatic nitrogens is 2. The summed E-state index contributed by atoms with van der Waals surface area (Å²) >= 11 is 3.23. The van der Waals surface area contributed by atoms with E-state index in [2.05, 4.69) is 26.3 Å². The first-order chi connectivity index (χ1) is 9.08. The molecule has 0 aliphatic rings. The lowest BCUT2D eigenvalue weighted by Crippen LogP contribution is -2.19. The van der Waals surface area contributed by atoms with Gasteiger partial charge in [0.2, 0.25) is 5.91 Å². The van der Waals surface area contributed by atoms with Crippen molar-refractivity contribution in [3.05, 3.63) is 34.9 Å². The lowest BCUT2D eigenvalue weighted by molar-refractivity contribution is -0.116. The Kier molecular flexibility index (Phi) is 4.06. The predicted molar refractivity (Wildman–Crippen MR) is 76.0 cm³/mol. The number of hydrogen-bond acceptors (Lipinski definition) is 4. The quantitative estimate of drug-likeness (QED) is 0.899. The molecule has 100 valence electrons. The summed E-state index contributed by atoms with van der Waals surface area (Å²) in [4.78, 5) is 11.8. The van der Waals surface area contributed by atoms with Gasteiger partial charge in [-0.3, -0.25) is 9.48 Å². The molecular weight excluding hydrogens is 312 g/mol. The van der Waals surface area contributed by atoms with Crippen LogP contribution in [0.3, 0.4) is 0 Å². The number of hydrogen-bond donors (Lipinski definition) is 2. The van der Waals surface area contributed by atoms with E-state index in [4.69, 9.17) is 10.5 Å². The van der Waals surface area contributed by atoms with Crippen LogP contribution in [0.4, 0.5) is 11.5 Å². The Hall–Kier alpha value is -2.02. The Bertz CT molecular complexity index is 560. The van der Waals surface area contributed by atoms with Gasteiger partial charge in [0.25, 0.3) is 0 Å². The van der Waals surface area contributed by atoms with E-state index >= 15 is 0 Å². The first-order valence-corrected chi connectivity index (χ1v) is 6.30. The number of nitrogens with two attached hydrogens (primary N) is 1. The molecule has 3 N–H and O–H groups in total. The van der Waals surface area contributed by atoms with E-state index in [1.54, 1.807) is 37.6 Å². The molecule has 6 nitrogen and oxygen atoms in total. The third kappa shape index (κ3) is 3.47. The summed E-state index contributed by atoms with van der Waals surface area (Å²) in [5.74, 6) is 0.916. The Morgan fingerprint density at radius 1 is 1.47 bits per heavy atom. The van der Waals surface area contributed by atoms with Gasteiger partial charge in [-0.15, -0.1) is 0 Å². The SMILES string of the molecule is COc1ccc(NC(=O)Cn2cc(Br)c(N)n2)cc1. The first-order valence-electron chi connectivity index (χ1n) is 5.51. The lowest BCUT2D eigenvalue weighted by Gasteiger charge is -2.06. The summed E-state index contributed by atoms with van der Waals surface area (Å²) in [6.07, 6.45) is 1.66. The number of carbonyl (C=O) groups excluding carboxylic acids is 1. The molecule has 0 aliphatic carbocycles. The highest BCUT2D eigenvalue weighted by molar-refractivity contribution is 9.10. The van der Waals surface area contributed by atoms with Crippen molar-refractivity contribution < 1.29 is 9.53 Å². The van der Waals surface area contributed by atoms with E-state index in [0.717, 1.165) is 5.75 Å². The van der Waals surface area contributed by atoms with Crippen LogP contribution in [0.1, 0.15) is 0 Å². The van der Waals surface area contributed by atoms with E-state index in [1.807, 2.05) is 0 Å². The highest BCUT2D eigenvalue weighted by Gasteiger charge is 2.07. The fourth-order valence-electron chi connectivity index (χ4n) is 1.51. The second-order valence-corrected chi connectivity index (χ2v) is 4.69. The van der Waals surface area contributed by atoms with Crippen molar-refractivity contribution in [2.75, 3.05) is 18.2 Å². The van der Waals surface area contributed by atoms with Crippen LogP contribution in [0.25, 0.3) is 0 Å². The highest BCUT2D eigenvalue weighted by atomic mass is 79.9. The number of benzene rings is 1. The number of nitrogen functional groups attached to an aromatic ring is 1. The lowest BCUT2D eigenvalue weighted by atomic mass is 10.3. The minimum Gasteiger partial charge on any atom is -0.497 e. The molecular formula is C12H13BrN4O2. The average molecular weight is 325 g/mol. The van der Waals surface area contributed by atoms with Crippen LogP contribution in [0, 0.1) is 0 Å². The molecule has 0 unspecified atom stereocenters. The van der Waals surface area contributed by atoms with Gasteiger partial charge in [0, 0.05) is 11.9 Å². The molecule has 0 saturated heterocycles. The number of rotatable bonds is 4. The normalized spacial score (nSPS) is 10.2. The van der Waals surface area contributed by atoms with Gasteiger partial charge in [-0.25, -0.2) is 0 Å². The number of nitrogens with one attached hydrogen (secondary N) is 1. The van der Waals surface area contributed by atoms with Crippen molar-refractivity contribution in [1.29, 1.82) is 0 Å². The molecule has 2 aromatic rings. The largest absolute Gasteiger partial charge is 0.497 e. The van der Waals surface area contributed by atoms with E-state index in [9.17, 15) is 4.79 Å². The van der Waals surface area contributed by atoms with Gasteiger partial charge in [-0.2, -0.15) is 5.10 Å².